The van der Waals surface area contributed by atoms with Gasteiger partial charge in [-0.2, -0.15) is 0 Å². The number of nitrogens with zero attached hydrogens (tertiary/aromatic N) is 2. The van der Waals surface area contributed by atoms with Crippen molar-refractivity contribution >= 4 is 22.9 Å². The van der Waals surface area contributed by atoms with E-state index in [-0.39, 0.29) is 5.91 Å². The quantitative estimate of drug-likeness (QED) is 0.627. The fourth-order valence-electron chi connectivity index (χ4n) is 3.61. The topological polar surface area (TPSA) is 32.8 Å². The molecule has 0 spiro atoms. The Kier molecular flexibility index (Phi) is 5.63. The molecule has 1 aliphatic heterocycles. The number of thiophene rings is 1. The Hall–Kier alpha value is -2.79. The van der Waals surface area contributed by atoms with Crippen molar-refractivity contribution in [3.8, 4) is 16.9 Å². The van der Waals surface area contributed by atoms with E-state index < -0.39 is 0 Å². The first-order valence-electron chi connectivity index (χ1n) is 9.67. The number of amides is 1. The van der Waals surface area contributed by atoms with Gasteiger partial charge in [0, 0.05) is 31.7 Å². The molecule has 1 saturated heterocycles. The second kappa shape index (κ2) is 8.48. The van der Waals surface area contributed by atoms with E-state index in [2.05, 4.69) is 23.1 Å². The summed E-state index contributed by atoms with van der Waals surface area (Å²) in [5.74, 6) is 1.04. The lowest BCUT2D eigenvalue weighted by atomic mass is 10.1. The molecule has 1 fully saturated rings. The van der Waals surface area contributed by atoms with Gasteiger partial charge in [0.1, 0.15) is 5.75 Å². The predicted molar refractivity (Wildman–Crippen MR) is 115 cm³/mol. The van der Waals surface area contributed by atoms with Crippen LogP contribution in [0.5, 0.6) is 5.75 Å². The summed E-state index contributed by atoms with van der Waals surface area (Å²) in [6.45, 7) is 5.69. The van der Waals surface area contributed by atoms with Crippen LogP contribution in [0, 0.1) is 0 Å². The largest absolute Gasteiger partial charge is 0.492 e. The highest BCUT2D eigenvalue weighted by Crippen LogP contribution is 2.31. The van der Waals surface area contributed by atoms with E-state index in [1.54, 1.807) is 0 Å². The fraction of sp³-hybridized carbons (Fsp3) is 0.261. The van der Waals surface area contributed by atoms with Gasteiger partial charge in [-0.3, -0.25) is 4.79 Å². The lowest BCUT2D eigenvalue weighted by molar-refractivity contribution is 0.0752. The molecule has 0 atom stereocenters. The third-order valence-electron chi connectivity index (χ3n) is 5.02. The second-order valence-corrected chi connectivity index (χ2v) is 7.63. The molecule has 0 saturated carbocycles. The Morgan fingerprint density at radius 3 is 2.43 bits per heavy atom. The van der Waals surface area contributed by atoms with Gasteiger partial charge in [0.15, 0.2) is 0 Å². The minimum atomic E-state index is 0.131. The van der Waals surface area contributed by atoms with Crippen molar-refractivity contribution < 1.29 is 9.53 Å². The fourth-order valence-corrected chi connectivity index (χ4v) is 4.49. The molecule has 2 aromatic carbocycles. The maximum absolute atomic E-state index is 13.2. The van der Waals surface area contributed by atoms with Gasteiger partial charge in [-0.15, -0.1) is 11.3 Å². The minimum absolute atomic E-state index is 0.131. The van der Waals surface area contributed by atoms with Gasteiger partial charge in [-0.05, 0) is 36.1 Å². The summed E-state index contributed by atoms with van der Waals surface area (Å²) in [7, 11) is 0. The average molecular weight is 393 g/mol. The number of piperazine rings is 1. The molecular weight excluding hydrogens is 368 g/mol. The van der Waals surface area contributed by atoms with Crippen LogP contribution in [-0.2, 0) is 0 Å². The van der Waals surface area contributed by atoms with Gasteiger partial charge >= 0.3 is 0 Å². The van der Waals surface area contributed by atoms with Crippen molar-refractivity contribution in [1.29, 1.82) is 0 Å². The van der Waals surface area contributed by atoms with Crippen molar-refractivity contribution in [2.24, 2.45) is 0 Å². The zero-order valence-corrected chi connectivity index (χ0v) is 16.8. The van der Waals surface area contributed by atoms with Crippen molar-refractivity contribution in [3.63, 3.8) is 0 Å². The van der Waals surface area contributed by atoms with E-state index in [4.69, 9.17) is 4.74 Å². The molecule has 3 aromatic rings. The first kappa shape index (κ1) is 18.6. The molecule has 0 N–H and O–H groups in total. The molecule has 1 aliphatic rings. The zero-order valence-electron chi connectivity index (χ0n) is 16.0. The van der Waals surface area contributed by atoms with Gasteiger partial charge in [0.2, 0.25) is 0 Å². The van der Waals surface area contributed by atoms with Crippen LogP contribution in [0.1, 0.15) is 16.6 Å². The monoisotopic (exact) mass is 392 g/mol. The standard InChI is InChI=1S/C23H24N2O2S/c1-2-27-21-11-7-6-10-20(21)24-13-15-25(16-14-24)23(26)22-19(12-17-28-22)18-8-4-3-5-9-18/h3-12,17H,2,13-16H2,1H3. The number of rotatable bonds is 5. The van der Waals surface area contributed by atoms with Crippen LogP contribution in [0.4, 0.5) is 5.69 Å². The van der Waals surface area contributed by atoms with Gasteiger partial charge in [-0.25, -0.2) is 0 Å². The SMILES string of the molecule is CCOc1ccccc1N1CCN(C(=O)c2sccc2-c2ccccc2)CC1. The molecule has 1 aromatic heterocycles. The molecule has 0 unspecified atom stereocenters. The summed E-state index contributed by atoms with van der Waals surface area (Å²) < 4.78 is 5.77. The van der Waals surface area contributed by atoms with Crippen LogP contribution in [0.2, 0.25) is 0 Å². The summed E-state index contributed by atoms with van der Waals surface area (Å²) in [4.78, 5) is 18.3. The highest BCUT2D eigenvalue weighted by atomic mass is 32.1. The van der Waals surface area contributed by atoms with Crippen molar-refractivity contribution in [2.45, 2.75) is 6.92 Å². The van der Waals surface area contributed by atoms with Crippen LogP contribution in [0.3, 0.4) is 0 Å². The van der Waals surface area contributed by atoms with Gasteiger partial charge in [-0.1, -0.05) is 42.5 Å². The van der Waals surface area contributed by atoms with Gasteiger partial charge in [0.25, 0.3) is 5.91 Å². The van der Waals surface area contributed by atoms with Gasteiger partial charge in [0.05, 0.1) is 17.2 Å². The molecule has 0 aliphatic carbocycles. The summed E-state index contributed by atoms with van der Waals surface area (Å²) in [5, 5.41) is 2.00. The maximum atomic E-state index is 13.2. The van der Waals surface area contributed by atoms with Crippen LogP contribution in [0.25, 0.3) is 11.1 Å². The summed E-state index contributed by atoms with van der Waals surface area (Å²) in [5.41, 5.74) is 3.23. The average Bonchev–Trinajstić information content (AvgIpc) is 3.25. The molecular formula is C23H24N2O2S. The van der Waals surface area contributed by atoms with Crippen LogP contribution < -0.4 is 9.64 Å². The third-order valence-corrected chi connectivity index (χ3v) is 5.92. The Bertz CT molecular complexity index is 931. The number of carbonyl (C=O) groups is 1. The molecule has 2 heterocycles. The van der Waals surface area contributed by atoms with E-state index >= 15 is 0 Å². The molecule has 0 radical (unpaired) electrons. The highest BCUT2D eigenvalue weighted by molar-refractivity contribution is 7.12. The molecule has 4 rings (SSSR count). The summed E-state index contributed by atoms with van der Waals surface area (Å²) in [6.07, 6.45) is 0. The number of ether oxygens (including phenoxy) is 1. The third kappa shape index (κ3) is 3.76. The van der Waals surface area contributed by atoms with Crippen LogP contribution in [-0.4, -0.2) is 43.6 Å². The van der Waals surface area contributed by atoms with E-state index in [0.717, 1.165) is 40.5 Å². The summed E-state index contributed by atoms with van der Waals surface area (Å²) in [6, 6.07) is 20.3. The first-order valence-corrected chi connectivity index (χ1v) is 10.5. The number of hydrogen-bond acceptors (Lipinski definition) is 4. The van der Waals surface area contributed by atoms with Crippen molar-refractivity contribution in [1.82, 2.24) is 4.90 Å². The highest BCUT2D eigenvalue weighted by Gasteiger charge is 2.26. The van der Waals surface area contributed by atoms with E-state index in [0.29, 0.717) is 19.7 Å². The van der Waals surface area contributed by atoms with Crippen LogP contribution >= 0.6 is 11.3 Å². The number of benzene rings is 2. The normalized spacial score (nSPS) is 14.2. The number of hydrogen-bond donors (Lipinski definition) is 0. The Morgan fingerprint density at radius 1 is 0.964 bits per heavy atom. The van der Waals surface area contributed by atoms with E-state index in [1.807, 2.05) is 59.7 Å². The van der Waals surface area contributed by atoms with Crippen LogP contribution in [0.15, 0.2) is 66.0 Å². The number of anilines is 1. The predicted octanol–water partition coefficient (Wildman–Crippen LogP) is 4.78. The lowest BCUT2D eigenvalue weighted by Crippen LogP contribution is -2.48. The van der Waals surface area contributed by atoms with Crippen molar-refractivity contribution in [2.75, 3.05) is 37.7 Å². The minimum Gasteiger partial charge on any atom is -0.492 e. The molecule has 144 valence electrons. The van der Waals surface area contributed by atoms with Crippen molar-refractivity contribution in [3.05, 3.63) is 70.9 Å². The molecule has 5 heteroatoms. The molecule has 1 amide bonds. The Morgan fingerprint density at radius 2 is 1.68 bits per heavy atom. The number of carbonyl (C=O) groups excluding carboxylic acids is 1. The lowest BCUT2D eigenvalue weighted by Gasteiger charge is -2.36. The zero-order chi connectivity index (χ0) is 19.3. The molecule has 28 heavy (non-hydrogen) atoms. The first-order chi connectivity index (χ1) is 13.8. The second-order valence-electron chi connectivity index (χ2n) is 6.71. The smallest absolute Gasteiger partial charge is 0.264 e. The summed E-state index contributed by atoms with van der Waals surface area (Å²) >= 11 is 1.53. The Labute approximate surface area is 170 Å². The Balaban J connectivity index is 1.47. The number of para-hydroxylation sites is 2. The van der Waals surface area contributed by atoms with E-state index in [9.17, 15) is 4.79 Å². The molecule has 0 bridgehead atoms. The molecule has 4 nitrogen and oxygen atoms in total. The maximum Gasteiger partial charge on any atom is 0.264 e. The van der Waals surface area contributed by atoms with Gasteiger partial charge < -0.3 is 14.5 Å². The van der Waals surface area contributed by atoms with E-state index in [1.165, 1.54) is 11.3 Å².